The van der Waals surface area contributed by atoms with Crippen molar-refractivity contribution in [1.82, 2.24) is 0 Å². The quantitative estimate of drug-likeness (QED) is 0.394. The van der Waals surface area contributed by atoms with Gasteiger partial charge in [-0.25, -0.2) is 4.39 Å². The molecule has 0 N–H and O–H groups in total. The first-order chi connectivity index (χ1) is 3.75. The Labute approximate surface area is 50.6 Å². The molecule has 8 heavy (non-hydrogen) atoms. The normalized spacial score (nSPS) is 36.0. The van der Waals surface area contributed by atoms with Crippen LogP contribution >= 0.6 is 11.6 Å². The molecule has 0 spiro atoms. The molecular formula is C4H4ClFO2. The van der Waals surface area contributed by atoms with E-state index in [0.717, 1.165) is 0 Å². The summed E-state index contributed by atoms with van der Waals surface area (Å²) in [6.45, 7) is -0.715. The topological polar surface area (TPSA) is 26.3 Å². The van der Waals surface area contributed by atoms with E-state index < -0.39 is 24.1 Å². The Bertz CT molecular complexity index is 117. The molecule has 2 nitrogen and oxygen atoms in total. The molecular weight excluding hydrogens is 134 g/mol. The lowest BCUT2D eigenvalue weighted by Gasteiger charge is -2.27. The molecule has 1 saturated heterocycles. The second-order valence-corrected chi connectivity index (χ2v) is 1.98. The number of halogens is 2. The largest absolute Gasteiger partial charge is 0.444 e. The molecule has 2 unspecified atom stereocenters. The second kappa shape index (κ2) is 1.90. The molecule has 4 heteroatoms. The maximum atomic E-state index is 11.6. The summed E-state index contributed by atoms with van der Waals surface area (Å²) in [5.41, 5.74) is -0.729. The molecule has 1 rings (SSSR count). The van der Waals surface area contributed by atoms with Crippen LogP contribution in [0.2, 0.25) is 0 Å². The summed E-state index contributed by atoms with van der Waals surface area (Å²) in [7, 11) is 0. The van der Waals surface area contributed by atoms with Gasteiger partial charge in [0.2, 0.25) is 0 Å². The summed E-state index contributed by atoms with van der Waals surface area (Å²) in [6, 6.07) is 0. The molecule has 1 aliphatic rings. The number of ether oxygens (including phenoxy) is 1. The van der Waals surface area contributed by atoms with E-state index >= 15 is 0 Å². The zero-order valence-electron chi connectivity index (χ0n) is 3.93. The fourth-order valence-corrected chi connectivity index (χ4v) is 0.706. The summed E-state index contributed by atoms with van der Waals surface area (Å²) in [6.07, 6.45) is 0. The summed E-state index contributed by atoms with van der Waals surface area (Å²) in [4.78, 5) is 10.1. The van der Waals surface area contributed by atoms with Crippen LogP contribution in [0.15, 0.2) is 0 Å². The third-order valence-corrected chi connectivity index (χ3v) is 1.41. The van der Waals surface area contributed by atoms with Crippen molar-refractivity contribution in [2.45, 2.75) is 5.56 Å². The van der Waals surface area contributed by atoms with Gasteiger partial charge in [0.15, 0.2) is 5.56 Å². The Morgan fingerprint density at radius 3 is 2.62 bits per heavy atom. The van der Waals surface area contributed by atoms with Crippen LogP contribution < -0.4 is 0 Å². The molecule has 0 aromatic rings. The standard InChI is InChI=1S/C4H4ClFO2/c5-3-2(1-6)4(7)8-3/h2-3H,1H2. The Morgan fingerprint density at radius 2 is 2.50 bits per heavy atom. The second-order valence-electron chi connectivity index (χ2n) is 1.55. The summed E-state index contributed by atoms with van der Waals surface area (Å²) in [5.74, 6) is -1.25. The molecule has 1 heterocycles. The molecule has 0 bridgehead atoms. The summed E-state index contributed by atoms with van der Waals surface area (Å²) >= 11 is 5.23. The number of carbonyl (C=O) groups excluding carboxylic acids is 1. The number of esters is 1. The van der Waals surface area contributed by atoms with Crippen molar-refractivity contribution in [2.24, 2.45) is 5.92 Å². The fraction of sp³-hybridized carbons (Fsp3) is 0.750. The van der Waals surface area contributed by atoms with Crippen LogP contribution in [0.25, 0.3) is 0 Å². The van der Waals surface area contributed by atoms with Crippen molar-refractivity contribution in [1.29, 1.82) is 0 Å². The first-order valence-corrected chi connectivity index (χ1v) is 2.60. The third kappa shape index (κ3) is 0.668. The maximum Gasteiger partial charge on any atom is 0.318 e. The molecule has 0 saturated carbocycles. The van der Waals surface area contributed by atoms with Crippen molar-refractivity contribution >= 4 is 17.6 Å². The number of hydrogen-bond acceptors (Lipinski definition) is 2. The highest BCUT2D eigenvalue weighted by Crippen LogP contribution is 2.25. The van der Waals surface area contributed by atoms with E-state index in [1.807, 2.05) is 0 Å². The fourth-order valence-electron chi connectivity index (χ4n) is 0.448. The minimum absolute atomic E-state index is 0.535. The van der Waals surface area contributed by atoms with Gasteiger partial charge in [-0.15, -0.1) is 0 Å². The van der Waals surface area contributed by atoms with Gasteiger partial charge in [-0.1, -0.05) is 11.6 Å². The van der Waals surface area contributed by atoms with E-state index in [1.165, 1.54) is 0 Å². The van der Waals surface area contributed by atoms with Gasteiger partial charge in [0.05, 0.1) is 0 Å². The molecule has 1 aliphatic heterocycles. The van der Waals surface area contributed by atoms with Crippen LogP contribution in [0, 0.1) is 5.92 Å². The number of hydrogen-bond donors (Lipinski definition) is 0. The van der Waals surface area contributed by atoms with Gasteiger partial charge in [0, 0.05) is 0 Å². The van der Waals surface area contributed by atoms with Crippen LogP contribution in [-0.2, 0) is 9.53 Å². The maximum absolute atomic E-state index is 11.6. The van der Waals surface area contributed by atoms with Gasteiger partial charge < -0.3 is 4.74 Å². The third-order valence-electron chi connectivity index (χ3n) is 1.01. The van der Waals surface area contributed by atoms with Crippen molar-refractivity contribution in [3.8, 4) is 0 Å². The zero-order valence-corrected chi connectivity index (χ0v) is 4.69. The highest BCUT2D eigenvalue weighted by atomic mass is 35.5. The van der Waals surface area contributed by atoms with Gasteiger partial charge in [-0.05, 0) is 0 Å². The van der Waals surface area contributed by atoms with Crippen LogP contribution in [-0.4, -0.2) is 18.2 Å². The average Bonchev–Trinajstić information content (AvgIpc) is 1.67. The van der Waals surface area contributed by atoms with Crippen LogP contribution in [0.5, 0.6) is 0 Å². The average molecular weight is 139 g/mol. The van der Waals surface area contributed by atoms with E-state index in [2.05, 4.69) is 4.74 Å². The Hall–Kier alpha value is -0.310. The van der Waals surface area contributed by atoms with E-state index in [0.29, 0.717) is 0 Å². The minimum Gasteiger partial charge on any atom is -0.444 e. The molecule has 0 amide bonds. The Morgan fingerprint density at radius 1 is 1.88 bits per heavy atom. The van der Waals surface area contributed by atoms with E-state index in [-0.39, 0.29) is 0 Å². The molecule has 0 aromatic carbocycles. The summed E-state index contributed by atoms with van der Waals surface area (Å²) in [5, 5.41) is 0. The number of cyclic esters (lactones) is 1. The minimum atomic E-state index is -0.729. The van der Waals surface area contributed by atoms with Gasteiger partial charge >= 0.3 is 5.97 Å². The smallest absolute Gasteiger partial charge is 0.318 e. The highest BCUT2D eigenvalue weighted by Gasteiger charge is 2.40. The van der Waals surface area contributed by atoms with E-state index in [4.69, 9.17) is 11.6 Å². The summed E-state index contributed by atoms with van der Waals surface area (Å²) < 4.78 is 15.8. The highest BCUT2D eigenvalue weighted by molar-refractivity contribution is 6.23. The SMILES string of the molecule is O=C1OC(Cl)C1CF. The van der Waals surface area contributed by atoms with Crippen molar-refractivity contribution in [3.05, 3.63) is 0 Å². The van der Waals surface area contributed by atoms with Crippen LogP contribution in [0.3, 0.4) is 0 Å². The predicted molar refractivity (Wildman–Crippen MR) is 25.2 cm³/mol. The van der Waals surface area contributed by atoms with Gasteiger partial charge in [-0.3, -0.25) is 4.79 Å². The zero-order chi connectivity index (χ0) is 6.15. The van der Waals surface area contributed by atoms with E-state index in [1.54, 1.807) is 0 Å². The lowest BCUT2D eigenvalue weighted by atomic mass is 10.1. The van der Waals surface area contributed by atoms with Crippen molar-refractivity contribution in [3.63, 3.8) is 0 Å². The molecule has 1 fully saturated rings. The molecule has 0 aliphatic carbocycles. The van der Waals surface area contributed by atoms with Crippen molar-refractivity contribution < 1.29 is 13.9 Å². The lowest BCUT2D eigenvalue weighted by molar-refractivity contribution is -0.175. The molecule has 2 atom stereocenters. The van der Waals surface area contributed by atoms with Crippen molar-refractivity contribution in [2.75, 3.05) is 6.67 Å². The Balaban J connectivity index is 2.40. The lowest BCUT2D eigenvalue weighted by Crippen LogP contribution is -2.42. The molecule has 46 valence electrons. The first-order valence-electron chi connectivity index (χ1n) is 2.16. The first kappa shape index (κ1) is 5.82. The van der Waals surface area contributed by atoms with Crippen LogP contribution in [0.1, 0.15) is 0 Å². The number of alkyl halides is 2. The van der Waals surface area contributed by atoms with E-state index in [9.17, 15) is 9.18 Å². The number of rotatable bonds is 1. The van der Waals surface area contributed by atoms with Crippen LogP contribution in [0.4, 0.5) is 4.39 Å². The van der Waals surface area contributed by atoms with Gasteiger partial charge in [0.25, 0.3) is 0 Å². The number of carbonyl (C=O) groups is 1. The molecule has 0 radical (unpaired) electrons. The molecule has 0 aromatic heterocycles. The monoisotopic (exact) mass is 138 g/mol. The Kier molecular flexibility index (Phi) is 1.38. The van der Waals surface area contributed by atoms with Gasteiger partial charge in [-0.2, -0.15) is 0 Å². The predicted octanol–water partition coefficient (Wildman–Crippen LogP) is 0.694. The van der Waals surface area contributed by atoms with Gasteiger partial charge in [0.1, 0.15) is 12.6 Å².